The summed E-state index contributed by atoms with van der Waals surface area (Å²) in [5.74, 6) is 1.56. The standard InChI is InChI=1S/C12H21N3O/c1-3-4-9-5-7-12(8-6-9)10(16)14-11(13-2)15-12/h9H,3-8H2,1-2H3,(H2,13,14,15,16). The highest BCUT2D eigenvalue weighted by atomic mass is 16.2. The van der Waals surface area contributed by atoms with Crippen LogP contribution in [0, 0.1) is 5.92 Å². The van der Waals surface area contributed by atoms with Crippen molar-refractivity contribution in [2.75, 3.05) is 7.05 Å². The first-order valence-corrected chi connectivity index (χ1v) is 6.26. The highest BCUT2D eigenvalue weighted by Gasteiger charge is 2.46. The minimum atomic E-state index is -0.348. The predicted octanol–water partition coefficient (Wildman–Crippen LogP) is 1.42. The molecule has 1 aliphatic carbocycles. The lowest BCUT2D eigenvalue weighted by Gasteiger charge is -2.34. The number of hydrogen-bond acceptors (Lipinski definition) is 2. The van der Waals surface area contributed by atoms with Gasteiger partial charge in [-0.2, -0.15) is 0 Å². The number of rotatable bonds is 2. The lowest BCUT2D eigenvalue weighted by atomic mass is 9.75. The van der Waals surface area contributed by atoms with Crippen molar-refractivity contribution in [3.05, 3.63) is 0 Å². The Labute approximate surface area is 96.9 Å². The van der Waals surface area contributed by atoms with Crippen molar-refractivity contribution in [3.8, 4) is 0 Å². The van der Waals surface area contributed by atoms with E-state index in [1.807, 2.05) is 0 Å². The van der Waals surface area contributed by atoms with E-state index >= 15 is 0 Å². The van der Waals surface area contributed by atoms with Gasteiger partial charge in [-0.15, -0.1) is 0 Å². The van der Waals surface area contributed by atoms with Crippen molar-refractivity contribution < 1.29 is 4.79 Å². The average Bonchev–Trinajstić information content (AvgIpc) is 2.60. The molecule has 0 aromatic rings. The molecule has 0 atom stereocenters. The molecular formula is C12H21N3O. The summed E-state index contributed by atoms with van der Waals surface area (Å²) in [6.07, 6.45) is 6.76. The average molecular weight is 223 g/mol. The van der Waals surface area contributed by atoms with Crippen LogP contribution in [0.3, 0.4) is 0 Å². The molecule has 4 nitrogen and oxygen atoms in total. The predicted molar refractivity (Wildman–Crippen MR) is 64.2 cm³/mol. The molecule has 0 unspecified atom stereocenters. The Morgan fingerprint density at radius 2 is 2.12 bits per heavy atom. The number of hydrogen-bond donors (Lipinski definition) is 2. The number of carbonyl (C=O) groups is 1. The molecule has 0 bridgehead atoms. The van der Waals surface area contributed by atoms with Gasteiger partial charge in [0, 0.05) is 7.05 Å². The van der Waals surface area contributed by atoms with Crippen LogP contribution in [0.1, 0.15) is 45.4 Å². The molecule has 1 heterocycles. The van der Waals surface area contributed by atoms with Gasteiger partial charge in [-0.05, 0) is 31.6 Å². The number of nitrogens with one attached hydrogen (secondary N) is 2. The van der Waals surface area contributed by atoms with Crippen molar-refractivity contribution in [3.63, 3.8) is 0 Å². The van der Waals surface area contributed by atoms with Gasteiger partial charge in [0.1, 0.15) is 5.54 Å². The summed E-state index contributed by atoms with van der Waals surface area (Å²) in [7, 11) is 1.70. The number of aliphatic imine (C=N–C) groups is 1. The molecule has 1 aliphatic heterocycles. The van der Waals surface area contributed by atoms with E-state index in [9.17, 15) is 4.79 Å². The minimum Gasteiger partial charge on any atom is -0.342 e. The zero-order valence-electron chi connectivity index (χ0n) is 10.2. The van der Waals surface area contributed by atoms with Crippen LogP contribution in [0.4, 0.5) is 0 Å². The third-order valence-corrected chi connectivity index (χ3v) is 3.90. The first kappa shape index (κ1) is 11.4. The quantitative estimate of drug-likeness (QED) is 0.744. The lowest BCUT2D eigenvalue weighted by molar-refractivity contribution is -0.125. The summed E-state index contributed by atoms with van der Waals surface area (Å²) in [5, 5.41) is 6.07. The summed E-state index contributed by atoms with van der Waals surface area (Å²) >= 11 is 0. The Bertz CT molecular complexity index is 303. The fourth-order valence-electron chi connectivity index (χ4n) is 2.87. The fraction of sp³-hybridized carbons (Fsp3) is 0.833. The van der Waals surface area contributed by atoms with Crippen LogP contribution in [0.25, 0.3) is 0 Å². The zero-order valence-corrected chi connectivity index (χ0v) is 10.2. The van der Waals surface area contributed by atoms with Gasteiger partial charge in [-0.3, -0.25) is 15.1 Å². The smallest absolute Gasteiger partial charge is 0.252 e. The second kappa shape index (κ2) is 4.44. The maximum atomic E-state index is 11.9. The lowest BCUT2D eigenvalue weighted by Crippen LogP contribution is -2.49. The van der Waals surface area contributed by atoms with Crippen LogP contribution in [-0.2, 0) is 4.79 Å². The maximum absolute atomic E-state index is 11.9. The maximum Gasteiger partial charge on any atom is 0.252 e. The van der Waals surface area contributed by atoms with Gasteiger partial charge in [0.2, 0.25) is 0 Å². The Hall–Kier alpha value is -1.06. The second-order valence-corrected chi connectivity index (χ2v) is 4.97. The highest BCUT2D eigenvalue weighted by Crippen LogP contribution is 2.35. The Balaban J connectivity index is 1.99. The Morgan fingerprint density at radius 1 is 1.44 bits per heavy atom. The normalized spacial score (nSPS) is 36.5. The molecule has 0 radical (unpaired) electrons. The molecule has 2 N–H and O–H groups in total. The number of amides is 1. The molecule has 4 heteroatoms. The van der Waals surface area contributed by atoms with Crippen LogP contribution in [0.2, 0.25) is 0 Å². The van der Waals surface area contributed by atoms with E-state index in [-0.39, 0.29) is 11.4 Å². The molecule has 1 spiro atoms. The number of nitrogens with zero attached hydrogens (tertiary/aromatic N) is 1. The Kier molecular flexibility index (Phi) is 3.17. The van der Waals surface area contributed by atoms with Gasteiger partial charge >= 0.3 is 0 Å². The van der Waals surface area contributed by atoms with Crippen molar-refractivity contribution in [1.82, 2.24) is 10.6 Å². The molecule has 1 amide bonds. The minimum absolute atomic E-state index is 0.114. The van der Waals surface area contributed by atoms with Crippen molar-refractivity contribution in [2.24, 2.45) is 10.9 Å². The van der Waals surface area contributed by atoms with Crippen LogP contribution in [-0.4, -0.2) is 24.5 Å². The molecule has 2 aliphatic rings. The van der Waals surface area contributed by atoms with Gasteiger partial charge in [-0.25, -0.2) is 0 Å². The van der Waals surface area contributed by atoms with Crippen LogP contribution in [0.15, 0.2) is 4.99 Å². The van der Waals surface area contributed by atoms with Gasteiger partial charge < -0.3 is 5.32 Å². The van der Waals surface area contributed by atoms with E-state index in [1.165, 1.54) is 12.8 Å². The SMILES string of the molecule is CCCC1CCC2(CC1)NC(=NC)NC2=O. The van der Waals surface area contributed by atoms with Gasteiger partial charge in [0.05, 0.1) is 0 Å². The Morgan fingerprint density at radius 3 is 2.62 bits per heavy atom. The van der Waals surface area contributed by atoms with Crippen molar-refractivity contribution >= 4 is 11.9 Å². The summed E-state index contributed by atoms with van der Waals surface area (Å²) in [6.45, 7) is 2.23. The van der Waals surface area contributed by atoms with E-state index in [2.05, 4.69) is 22.5 Å². The van der Waals surface area contributed by atoms with Crippen LogP contribution < -0.4 is 10.6 Å². The van der Waals surface area contributed by atoms with E-state index in [4.69, 9.17) is 0 Å². The van der Waals surface area contributed by atoms with E-state index < -0.39 is 0 Å². The number of guanidine groups is 1. The van der Waals surface area contributed by atoms with Crippen LogP contribution in [0.5, 0.6) is 0 Å². The van der Waals surface area contributed by atoms with E-state index in [0.717, 1.165) is 31.6 Å². The molecule has 90 valence electrons. The summed E-state index contributed by atoms with van der Waals surface area (Å²) in [4.78, 5) is 15.9. The fourth-order valence-corrected chi connectivity index (χ4v) is 2.87. The van der Waals surface area contributed by atoms with Crippen molar-refractivity contribution in [2.45, 2.75) is 51.0 Å². The van der Waals surface area contributed by atoms with Crippen LogP contribution >= 0.6 is 0 Å². The van der Waals surface area contributed by atoms with Crippen molar-refractivity contribution in [1.29, 1.82) is 0 Å². The van der Waals surface area contributed by atoms with E-state index in [1.54, 1.807) is 7.05 Å². The summed E-state index contributed by atoms with van der Waals surface area (Å²) < 4.78 is 0. The molecule has 1 saturated carbocycles. The molecule has 16 heavy (non-hydrogen) atoms. The third kappa shape index (κ3) is 1.93. The first-order valence-electron chi connectivity index (χ1n) is 6.26. The summed E-state index contributed by atoms with van der Waals surface area (Å²) in [5.41, 5.74) is -0.348. The molecule has 2 fully saturated rings. The van der Waals surface area contributed by atoms with Gasteiger partial charge in [-0.1, -0.05) is 19.8 Å². The van der Waals surface area contributed by atoms with Gasteiger partial charge in [0.25, 0.3) is 5.91 Å². The molecule has 0 aromatic carbocycles. The third-order valence-electron chi connectivity index (χ3n) is 3.90. The molecule has 1 saturated heterocycles. The summed E-state index contributed by atoms with van der Waals surface area (Å²) in [6, 6.07) is 0. The molecule has 0 aromatic heterocycles. The first-order chi connectivity index (χ1) is 7.70. The van der Waals surface area contributed by atoms with E-state index in [0.29, 0.717) is 5.96 Å². The zero-order chi connectivity index (χ0) is 11.6. The number of carbonyl (C=O) groups excluding carboxylic acids is 1. The van der Waals surface area contributed by atoms with Gasteiger partial charge in [0.15, 0.2) is 5.96 Å². The molecular weight excluding hydrogens is 202 g/mol. The monoisotopic (exact) mass is 223 g/mol. The largest absolute Gasteiger partial charge is 0.342 e. The molecule has 2 rings (SSSR count). The topological polar surface area (TPSA) is 53.5 Å². The highest BCUT2D eigenvalue weighted by molar-refractivity contribution is 6.09. The second-order valence-electron chi connectivity index (χ2n) is 4.97.